The molecule has 1 aliphatic carbocycles. The van der Waals surface area contributed by atoms with Crippen molar-refractivity contribution >= 4 is 23.2 Å². The van der Waals surface area contributed by atoms with E-state index in [0.717, 1.165) is 6.42 Å². The van der Waals surface area contributed by atoms with Crippen LogP contribution in [0.3, 0.4) is 0 Å². The Bertz CT molecular complexity index is 655. The third kappa shape index (κ3) is 2.79. The van der Waals surface area contributed by atoms with Gasteiger partial charge in [-0.05, 0) is 25.3 Å². The van der Waals surface area contributed by atoms with Gasteiger partial charge in [0.2, 0.25) is 0 Å². The number of aliphatic hydroxyl groups excluding tert-OH is 1. The van der Waals surface area contributed by atoms with Crippen molar-refractivity contribution in [3.05, 3.63) is 34.4 Å². The van der Waals surface area contributed by atoms with Crippen molar-refractivity contribution in [3.8, 4) is 11.3 Å². The molecule has 1 fully saturated rings. The van der Waals surface area contributed by atoms with E-state index in [1.165, 1.54) is 4.68 Å². The van der Waals surface area contributed by atoms with Gasteiger partial charge < -0.3 is 10.2 Å². The molecule has 21 heavy (non-hydrogen) atoms. The van der Waals surface area contributed by atoms with Crippen LogP contribution in [0.25, 0.3) is 11.3 Å². The van der Waals surface area contributed by atoms with Gasteiger partial charge in [-0.25, -0.2) is 4.68 Å². The van der Waals surface area contributed by atoms with Crippen molar-refractivity contribution in [2.75, 3.05) is 0 Å². The summed E-state index contributed by atoms with van der Waals surface area (Å²) in [5, 5.41) is 29.1. The van der Waals surface area contributed by atoms with Crippen molar-refractivity contribution in [3.63, 3.8) is 0 Å². The predicted molar refractivity (Wildman–Crippen MR) is 80.3 cm³/mol. The fraction of sp³-hybridized carbons (Fsp3) is 0.429. The van der Waals surface area contributed by atoms with Crippen LogP contribution in [-0.4, -0.2) is 36.9 Å². The minimum Gasteiger partial charge on any atom is -0.388 e. The van der Waals surface area contributed by atoms with Gasteiger partial charge in [0.1, 0.15) is 11.8 Å². The highest BCUT2D eigenvalue weighted by Crippen LogP contribution is 2.35. The second kappa shape index (κ2) is 5.57. The number of aliphatic hydroxyl groups is 2. The third-order valence-corrected chi connectivity index (χ3v) is 4.78. The molecule has 1 heterocycles. The molecule has 3 rings (SSSR count). The molecule has 0 radical (unpaired) electrons. The number of benzene rings is 1. The monoisotopic (exact) mass is 327 g/mol. The fourth-order valence-electron chi connectivity index (χ4n) is 2.43. The lowest BCUT2D eigenvalue weighted by molar-refractivity contribution is -0.131. The van der Waals surface area contributed by atoms with Gasteiger partial charge in [0, 0.05) is 5.56 Å². The second-order valence-corrected chi connectivity index (χ2v) is 6.19. The summed E-state index contributed by atoms with van der Waals surface area (Å²) in [6, 6.07) is 5.29. The molecule has 1 saturated carbocycles. The van der Waals surface area contributed by atoms with E-state index in [9.17, 15) is 10.2 Å². The zero-order valence-corrected chi connectivity index (χ0v) is 12.7. The summed E-state index contributed by atoms with van der Waals surface area (Å²) in [6.07, 6.45) is 3.01. The third-order valence-electron chi connectivity index (χ3n) is 3.97. The molecule has 0 amide bonds. The molecule has 1 atom stereocenters. The maximum atomic E-state index is 10.1. The molecule has 2 aromatic rings. The fourth-order valence-corrected chi connectivity index (χ4v) is 2.83. The Labute approximate surface area is 132 Å². The normalized spacial score (nSPS) is 18.3. The number of aromatic nitrogens is 3. The first-order valence-corrected chi connectivity index (χ1v) is 7.50. The summed E-state index contributed by atoms with van der Waals surface area (Å²) < 4.78 is 1.51. The van der Waals surface area contributed by atoms with E-state index in [2.05, 4.69) is 10.3 Å². The number of nitrogens with zero attached hydrogens (tertiary/aromatic N) is 3. The lowest BCUT2D eigenvalue weighted by Gasteiger charge is -2.40. The molecule has 112 valence electrons. The summed E-state index contributed by atoms with van der Waals surface area (Å²) in [7, 11) is 0. The maximum Gasteiger partial charge on any atom is 0.114 e. The number of rotatable bonds is 4. The van der Waals surface area contributed by atoms with E-state index in [0.29, 0.717) is 34.1 Å². The summed E-state index contributed by atoms with van der Waals surface area (Å²) in [6.45, 7) is 0.196. The number of hydrogen-bond acceptors (Lipinski definition) is 4. The van der Waals surface area contributed by atoms with Crippen LogP contribution in [0.2, 0.25) is 10.0 Å². The topological polar surface area (TPSA) is 71.2 Å². The highest BCUT2D eigenvalue weighted by atomic mass is 35.5. The maximum absolute atomic E-state index is 10.1. The average Bonchev–Trinajstić information content (AvgIpc) is 2.87. The minimum absolute atomic E-state index is 0.196. The van der Waals surface area contributed by atoms with Crippen LogP contribution in [-0.2, 0) is 6.54 Å². The molecule has 0 saturated heterocycles. The summed E-state index contributed by atoms with van der Waals surface area (Å²) in [5.74, 6) is 0. The molecule has 0 aliphatic heterocycles. The summed E-state index contributed by atoms with van der Waals surface area (Å²) in [4.78, 5) is 0. The minimum atomic E-state index is -0.986. The highest BCUT2D eigenvalue weighted by Gasteiger charge is 2.41. The van der Waals surface area contributed by atoms with E-state index >= 15 is 0 Å². The van der Waals surface area contributed by atoms with E-state index in [1.54, 1.807) is 24.4 Å². The Morgan fingerprint density at radius 1 is 1.33 bits per heavy atom. The molecule has 1 aromatic heterocycles. The van der Waals surface area contributed by atoms with E-state index in [-0.39, 0.29) is 6.54 Å². The van der Waals surface area contributed by atoms with Crippen molar-refractivity contribution in [1.29, 1.82) is 0 Å². The first kappa shape index (κ1) is 14.8. The van der Waals surface area contributed by atoms with Gasteiger partial charge in [0.15, 0.2) is 0 Å². The van der Waals surface area contributed by atoms with Gasteiger partial charge in [0.25, 0.3) is 0 Å². The van der Waals surface area contributed by atoms with E-state index in [4.69, 9.17) is 23.2 Å². The van der Waals surface area contributed by atoms with E-state index < -0.39 is 11.7 Å². The van der Waals surface area contributed by atoms with Gasteiger partial charge in [-0.15, -0.1) is 5.10 Å². The standard InChI is InChI=1S/C14H15Cl2N3O2/c15-10-4-1-3-9(13(10)16)11-7-19(18-17-11)8-12(20)14(21)5-2-6-14/h1,3-4,7,12,20-21H,2,5-6,8H2. The molecule has 5 nitrogen and oxygen atoms in total. The molecule has 7 heteroatoms. The van der Waals surface area contributed by atoms with Crippen LogP contribution in [0, 0.1) is 0 Å². The molecule has 2 N–H and O–H groups in total. The van der Waals surface area contributed by atoms with Crippen molar-refractivity contribution in [2.45, 2.75) is 37.5 Å². The van der Waals surface area contributed by atoms with Crippen LogP contribution in [0.4, 0.5) is 0 Å². The SMILES string of the molecule is OC(Cn1cc(-c2cccc(Cl)c2Cl)nn1)C1(O)CCC1. The van der Waals surface area contributed by atoms with Crippen LogP contribution in [0.1, 0.15) is 19.3 Å². The Balaban J connectivity index is 1.79. The van der Waals surface area contributed by atoms with Gasteiger partial charge >= 0.3 is 0 Å². The highest BCUT2D eigenvalue weighted by molar-refractivity contribution is 6.43. The van der Waals surface area contributed by atoms with Crippen LogP contribution in [0.5, 0.6) is 0 Å². The van der Waals surface area contributed by atoms with Crippen molar-refractivity contribution in [1.82, 2.24) is 15.0 Å². The molecule has 0 bridgehead atoms. The summed E-state index contributed by atoms with van der Waals surface area (Å²) in [5.41, 5.74) is 0.280. The Hall–Kier alpha value is -1.14. The molecular formula is C14H15Cl2N3O2. The smallest absolute Gasteiger partial charge is 0.114 e. The van der Waals surface area contributed by atoms with E-state index in [1.807, 2.05) is 0 Å². The van der Waals surface area contributed by atoms with Gasteiger partial charge in [-0.2, -0.15) is 0 Å². The molecule has 1 aliphatic rings. The van der Waals surface area contributed by atoms with Crippen molar-refractivity contribution < 1.29 is 10.2 Å². The zero-order chi connectivity index (χ0) is 15.0. The second-order valence-electron chi connectivity index (χ2n) is 5.40. The van der Waals surface area contributed by atoms with Gasteiger partial charge in [-0.3, -0.25) is 0 Å². The molecule has 0 spiro atoms. The average molecular weight is 328 g/mol. The first-order chi connectivity index (χ1) is 9.99. The number of halogens is 2. The lowest BCUT2D eigenvalue weighted by atomic mass is 9.76. The van der Waals surface area contributed by atoms with Gasteiger partial charge in [-0.1, -0.05) is 40.5 Å². The van der Waals surface area contributed by atoms with Crippen molar-refractivity contribution in [2.24, 2.45) is 0 Å². The zero-order valence-electron chi connectivity index (χ0n) is 11.2. The lowest BCUT2D eigenvalue weighted by Crippen LogP contribution is -2.50. The van der Waals surface area contributed by atoms with Crippen LogP contribution >= 0.6 is 23.2 Å². The predicted octanol–water partition coefficient (Wildman–Crippen LogP) is 2.53. The summed E-state index contributed by atoms with van der Waals surface area (Å²) >= 11 is 12.1. The van der Waals surface area contributed by atoms with Crippen LogP contribution in [0.15, 0.2) is 24.4 Å². The van der Waals surface area contributed by atoms with Gasteiger partial charge in [0.05, 0.1) is 28.4 Å². The quantitative estimate of drug-likeness (QED) is 0.905. The first-order valence-electron chi connectivity index (χ1n) is 6.74. The van der Waals surface area contributed by atoms with Crippen LogP contribution < -0.4 is 0 Å². The molecular weight excluding hydrogens is 313 g/mol. The molecule has 1 unspecified atom stereocenters. The molecule has 1 aromatic carbocycles. The number of hydrogen-bond donors (Lipinski definition) is 2. The Kier molecular flexibility index (Phi) is 3.92. The Morgan fingerprint density at radius 3 is 2.76 bits per heavy atom. The largest absolute Gasteiger partial charge is 0.388 e. The Morgan fingerprint density at radius 2 is 2.10 bits per heavy atom.